The molecular formula is C19H21F3N6O2S. The number of halogens is 3. The molecule has 0 unspecified atom stereocenters. The van der Waals surface area contributed by atoms with Gasteiger partial charge in [-0.15, -0.1) is 0 Å². The maximum Gasteiger partial charge on any atom is 0.419 e. The van der Waals surface area contributed by atoms with Crippen LogP contribution in [0.5, 0.6) is 0 Å². The molecule has 1 aliphatic heterocycles. The Kier molecular flexibility index (Phi) is 5.52. The molecule has 0 radical (unpaired) electrons. The molecule has 12 heteroatoms. The smallest absolute Gasteiger partial charge is 0.359 e. The second kappa shape index (κ2) is 8.00. The molecule has 2 aromatic heterocycles. The molecule has 31 heavy (non-hydrogen) atoms. The molecule has 3 heterocycles. The highest BCUT2D eigenvalue weighted by molar-refractivity contribution is 7.92. The first-order valence-corrected chi connectivity index (χ1v) is 11.5. The third-order valence-electron chi connectivity index (χ3n) is 4.99. The summed E-state index contributed by atoms with van der Waals surface area (Å²) in [5.74, 6) is 0.108. The van der Waals surface area contributed by atoms with Gasteiger partial charge in [0, 0.05) is 35.9 Å². The average Bonchev–Trinajstić information content (AvgIpc) is 3.12. The molecule has 0 saturated carbocycles. The van der Waals surface area contributed by atoms with E-state index in [-0.39, 0.29) is 28.9 Å². The van der Waals surface area contributed by atoms with Crippen molar-refractivity contribution in [1.29, 1.82) is 0 Å². The van der Waals surface area contributed by atoms with Crippen LogP contribution in [0.25, 0.3) is 22.2 Å². The lowest BCUT2D eigenvalue weighted by Crippen LogP contribution is -2.38. The van der Waals surface area contributed by atoms with Crippen molar-refractivity contribution >= 4 is 32.6 Å². The number of hydrogen-bond acceptors (Lipinski definition) is 6. The summed E-state index contributed by atoms with van der Waals surface area (Å²) in [5, 5.41) is 6.73. The van der Waals surface area contributed by atoms with Crippen LogP contribution in [0.2, 0.25) is 0 Å². The van der Waals surface area contributed by atoms with Crippen molar-refractivity contribution in [3.63, 3.8) is 0 Å². The fraction of sp³-hybridized carbons (Fsp3) is 0.368. The van der Waals surface area contributed by atoms with Crippen LogP contribution in [0.15, 0.2) is 30.6 Å². The Morgan fingerprint density at radius 1 is 1.26 bits per heavy atom. The van der Waals surface area contributed by atoms with Crippen LogP contribution in [0.1, 0.15) is 18.4 Å². The minimum Gasteiger partial charge on any atom is -0.359 e. The van der Waals surface area contributed by atoms with E-state index in [1.54, 1.807) is 12.1 Å². The number of alkyl halides is 3. The Labute approximate surface area is 176 Å². The maximum atomic E-state index is 13.7. The lowest BCUT2D eigenvalue weighted by Gasteiger charge is -2.24. The van der Waals surface area contributed by atoms with E-state index in [9.17, 15) is 21.6 Å². The second-order valence-electron chi connectivity index (χ2n) is 7.45. The van der Waals surface area contributed by atoms with E-state index in [1.807, 2.05) is 0 Å². The van der Waals surface area contributed by atoms with Gasteiger partial charge >= 0.3 is 6.18 Å². The molecule has 0 spiro atoms. The van der Waals surface area contributed by atoms with Crippen LogP contribution in [0, 0.1) is 0 Å². The lowest BCUT2D eigenvalue weighted by molar-refractivity contribution is -0.137. The number of aromatic nitrogens is 3. The molecule has 3 aromatic rings. The van der Waals surface area contributed by atoms with E-state index in [2.05, 4.69) is 30.3 Å². The summed E-state index contributed by atoms with van der Waals surface area (Å²) in [6.07, 6.45) is 0.316. The van der Waals surface area contributed by atoms with E-state index in [0.717, 1.165) is 31.8 Å². The largest absolute Gasteiger partial charge is 0.419 e. The first-order chi connectivity index (χ1) is 14.6. The zero-order chi connectivity index (χ0) is 22.2. The number of para-hydroxylation sites is 1. The summed E-state index contributed by atoms with van der Waals surface area (Å²) in [4.78, 5) is 11.0. The topological polar surface area (TPSA) is 112 Å². The van der Waals surface area contributed by atoms with Gasteiger partial charge in [0.25, 0.3) is 0 Å². The number of nitrogens with one attached hydrogen (secondary N) is 4. The molecule has 1 saturated heterocycles. The third-order valence-corrected chi connectivity index (χ3v) is 5.58. The van der Waals surface area contributed by atoms with Crippen LogP contribution in [-0.4, -0.2) is 48.8 Å². The average molecular weight is 454 g/mol. The normalized spacial score (nSPS) is 17.6. The lowest BCUT2D eigenvalue weighted by atomic mass is 10.1. The number of anilines is 2. The zero-order valence-corrected chi connectivity index (χ0v) is 17.4. The van der Waals surface area contributed by atoms with Crippen LogP contribution < -0.4 is 15.4 Å². The van der Waals surface area contributed by atoms with Crippen LogP contribution in [0.3, 0.4) is 0 Å². The van der Waals surface area contributed by atoms with Gasteiger partial charge in [-0.2, -0.15) is 13.2 Å². The summed E-state index contributed by atoms with van der Waals surface area (Å²) in [6, 6.07) is 4.72. The summed E-state index contributed by atoms with van der Waals surface area (Å²) in [6.45, 7) is 1.57. The van der Waals surface area contributed by atoms with Gasteiger partial charge in [0.1, 0.15) is 5.56 Å². The molecular weight excluding hydrogens is 433 g/mol. The van der Waals surface area contributed by atoms with Crippen LogP contribution >= 0.6 is 0 Å². The molecule has 8 nitrogen and oxygen atoms in total. The Hall–Kier alpha value is -2.86. The number of rotatable bonds is 5. The van der Waals surface area contributed by atoms with Crippen molar-refractivity contribution in [2.75, 3.05) is 29.4 Å². The molecule has 166 valence electrons. The van der Waals surface area contributed by atoms with Gasteiger partial charge in [-0.3, -0.25) is 4.72 Å². The van der Waals surface area contributed by atoms with Crippen molar-refractivity contribution in [2.24, 2.45) is 0 Å². The van der Waals surface area contributed by atoms with Crippen molar-refractivity contribution in [3.05, 3.63) is 36.2 Å². The number of sulfonamides is 1. The standard InChI is InChI=1S/C19H21F3N6O2S/c1-31(29,30)28-15-6-2-5-12-13(9-24-17(12)15)16-14(19(20,21)22)10-25-18(27-16)26-11-4-3-7-23-8-11/h2,5-6,9-11,23-24,28H,3-4,7-8H2,1H3,(H,25,26,27)/t11-/m0/s1. The third kappa shape index (κ3) is 4.74. The number of nitrogens with zero attached hydrogens (tertiary/aromatic N) is 2. The van der Waals surface area contributed by atoms with Gasteiger partial charge in [-0.1, -0.05) is 12.1 Å². The summed E-state index contributed by atoms with van der Waals surface area (Å²) >= 11 is 0. The first kappa shape index (κ1) is 21.4. The highest BCUT2D eigenvalue weighted by Gasteiger charge is 2.36. The molecule has 0 bridgehead atoms. The molecule has 4 rings (SSSR count). The Balaban J connectivity index is 1.80. The highest BCUT2D eigenvalue weighted by atomic mass is 32.2. The summed E-state index contributed by atoms with van der Waals surface area (Å²) in [7, 11) is -3.57. The molecule has 0 amide bonds. The number of H-pyrrole nitrogens is 1. The first-order valence-electron chi connectivity index (χ1n) is 9.61. The number of fused-ring (bicyclic) bond motifs is 1. The minimum atomic E-state index is -4.66. The van der Waals surface area contributed by atoms with Gasteiger partial charge in [0.05, 0.1) is 23.2 Å². The van der Waals surface area contributed by atoms with Gasteiger partial charge in [-0.25, -0.2) is 18.4 Å². The second-order valence-corrected chi connectivity index (χ2v) is 9.19. The van der Waals surface area contributed by atoms with Crippen LogP contribution in [-0.2, 0) is 16.2 Å². The van der Waals surface area contributed by atoms with Crippen LogP contribution in [0.4, 0.5) is 24.8 Å². The van der Waals surface area contributed by atoms with Crippen molar-refractivity contribution in [1.82, 2.24) is 20.3 Å². The zero-order valence-electron chi connectivity index (χ0n) is 16.5. The van der Waals surface area contributed by atoms with E-state index in [1.165, 1.54) is 12.3 Å². The van der Waals surface area contributed by atoms with E-state index in [4.69, 9.17) is 0 Å². The monoisotopic (exact) mass is 454 g/mol. The number of piperidine rings is 1. The molecule has 1 aliphatic rings. The molecule has 4 N–H and O–H groups in total. The fourth-order valence-electron chi connectivity index (χ4n) is 3.66. The molecule has 0 aliphatic carbocycles. The fourth-order valence-corrected chi connectivity index (χ4v) is 4.23. The molecule has 1 atom stereocenters. The Bertz CT molecular complexity index is 1200. The predicted molar refractivity (Wildman–Crippen MR) is 112 cm³/mol. The highest BCUT2D eigenvalue weighted by Crippen LogP contribution is 2.39. The van der Waals surface area contributed by atoms with E-state index < -0.39 is 21.8 Å². The van der Waals surface area contributed by atoms with E-state index >= 15 is 0 Å². The number of benzene rings is 1. The van der Waals surface area contributed by atoms with Crippen molar-refractivity contribution in [3.8, 4) is 11.3 Å². The van der Waals surface area contributed by atoms with Crippen molar-refractivity contribution < 1.29 is 21.6 Å². The van der Waals surface area contributed by atoms with E-state index in [0.29, 0.717) is 17.4 Å². The van der Waals surface area contributed by atoms with Gasteiger partial charge in [0.15, 0.2) is 0 Å². The van der Waals surface area contributed by atoms with Gasteiger partial charge < -0.3 is 15.6 Å². The number of aromatic amines is 1. The van der Waals surface area contributed by atoms with Crippen molar-refractivity contribution in [2.45, 2.75) is 25.1 Å². The summed E-state index contributed by atoms with van der Waals surface area (Å²) < 4.78 is 66.8. The number of hydrogen-bond donors (Lipinski definition) is 4. The maximum absolute atomic E-state index is 13.7. The molecule has 1 fully saturated rings. The van der Waals surface area contributed by atoms with Gasteiger partial charge in [0.2, 0.25) is 16.0 Å². The summed E-state index contributed by atoms with van der Waals surface area (Å²) in [5.41, 5.74) is -0.452. The van der Waals surface area contributed by atoms with Gasteiger partial charge in [-0.05, 0) is 25.5 Å². The minimum absolute atomic E-state index is 0.0202. The SMILES string of the molecule is CS(=O)(=O)Nc1cccc2c(-c3nc(N[C@H]4CCCNC4)ncc3C(F)(F)F)c[nH]c12. The Morgan fingerprint density at radius 3 is 2.74 bits per heavy atom. The molecule has 1 aromatic carbocycles. The Morgan fingerprint density at radius 2 is 2.06 bits per heavy atom. The quantitative estimate of drug-likeness (QED) is 0.471. The predicted octanol–water partition coefficient (Wildman–Crippen LogP) is 3.18.